The van der Waals surface area contributed by atoms with Crippen LogP contribution in [0.5, 0.6) is 0 Å². The van der Waals surface area contributed by atoms with E-state index in [0.29, 0.717) is 18.0 Å². The number of pyridine rings is 1. The van der Waals surface area contributed by atoms with Gasteiger partial charge in [-0.3, -0.25) is 15.6 Å². The summed E-state index contributed by atoms with van der Waals surface area (Å²) in [5.41, 5.74) is 2.26. The first kappa shape index (κ1) is 24.2. The Morgan fingerprint density at radius 3 is 2.33 bits per heavy atom. The van der Waals surface area contributed by atoms with Gasteiger partial charge < -0.3 is 9.47 Å². The second kappa shape index (κ2) is 8.85. The van der Waals surface area contributed by atoms with Gasteiger partial charge in [0.2, 0.25) is 0 Å². The van der Waals surface area contributed by atoms with Gasteiger partial charge in [0, 0.05) is 32.2 Å². The summed E-state index contributed by atoms with van der Waals surface area (Å²) in [5.74, 6) is -1.15. The normalized spacial score (nSPS) is 11.9. The number of alkyl halides is 6. The molecule has 0 bridgehead atoms. The molecule has 0 aliphatic heterocycles. The van der Waals surface area contributed by atoms with Crippen molar-refractivity contribution in [1.29, 1.82) is 0 Å². The van der Waals surface area contributed by atoms with Crippen LogP contribution in [-0.4, -0.2) is 29.6 Å². The molecule has 176 valence electrons. The monoisotopic (exact) mass is 491 g/mol. The van der Waals surface area contributed by atoms with E-state index < -0.39 is 34.4 Å². The Morgan fingerprint density at radius 2 is 1.76 bits per heavy atom. The van der Waals surface area contributed by atoms with Gasteiger partial charge in [0.05, 0.1) is 21.8 Å². The van der Waals surface area contributed by atoms with Crippen molar-refractivity contribution in [1.82, 2.24) is 15.0 Å². The molecule has 0 radical (unpaired) electrons. The fourth-order valence-corrected chi connectivity index (χ4v) is 3.09. The number of hydrogen-bond acceptors (Lipinski definition) is 4. The van der Waals surface area contributed by atoms with Crippen molar-refractivity contribution in [3.63, 3.8) is 0 Å². The fourth-order valence-electron chi connectivity index (χ4n) is 2.88. The summed E-state index contributed by atoms with van der Waals surface area (Å²) >= 11 is 5.77. The third-order valence-electron chi connectivity index (χ3n) is 4.51. The molecule has 13 heteroatoms. The maximum atomic E-state index is 13.7. The van der Waals surface area contributed by atoms with Crippen LogP contribution in [0.2, 0.25) is 5.02 Å². The van der Waals surface area contributed by atoms with E-state index in [2.05, 4.69) is 15.8 Å². The quantitative estimate of drug-likeness (QED) is 0.371. The summed E-state index contributed by atoms with van der Waals surface area (Å²) in [4.78, 5) is 17.6. The van der Waals surface area contributed by atoms with Gasteiger partial charge in [0.25, 0.3) is 5.91 Å². The van der Waals surface area contributed by atoms with Crippen LogP contribution in [-0.2, 0) is 12.4 Å². The molecule has 0 aliphatic carbocycles. The maximum absolute atomic E-state index is 13.7. The van der Waals surface area contributed by atoms with Crippen LogP contribution in [0.3, 0.4) is 0 Å². The molecule has 0 atom stereocenters. The molecular formula is C20H16ClF6N5O. The third-order valence-corrected chi connectivity index (χ3v) is 4.79. The number of nitrogens with zero attached hydrogens (tertiary/aromatic N) is 3. The number of hydrazine groups is 1. The Hall–Kier alpha value is -3.41. The lowest BCUT2D eigenvalue weighted by Crippen LogP contribution is -2.31. The van der Waals surface area contributed by atoms with E-state index in [4.69, 9.17) is 11.6 Å². The Balaban J connectivity index is 1.88. The van der Waals surface area contributed by atoms with Crippen LogP contribution in [0.25, 0.3) is 5.69 Å². The molecule has 3 aromatic rings. The van der Waals surface area contributed by atoms with Crippen molar-refractivity contribution in [2.75, 3.05) is 24.4 Å². The SMILES string of the molecule is CN(C)c1ccc(-n2cccc2C(=O)NNc2ncc(C(F)(F)F)cc2Cl)c(C(F)(F)F)c1. The molecule has 0 saturated heterocycles. The standard InChI is InChI=1S/C20H16ClF6N5O/c1-31(2)12-5-6-15(13(9-12)20(25,26)27)32-7-3-4-16(32)18(33)30-29-17-14(21)8-11(10-28-17)19(22,23)24/h3-10H,1-2H3,(H,28,29)(H,30,33). The fraction of sp³-hybridized carbons (Fsp3) is 0.200. The van der Waals surface area contributed by atoms with E-state index in [1.807, 2.05) is 0 Å². The molecule has 1 aromatic carbocycles. The van der Waals surface area contributed by atoms with Crippen molar-refractivity contribution < 1.29 is 31.1 Å². The summed E-state index contributed by atoms with van der Waals surface area (Å²) < 4.78 is 80.3. The predicted octanol–water partition coefficient (Wildman–Crippen LogP) is 5.39. The number of nitrogens with one attached hydrogen (secondary N) is 2. The van der Waals surface area contributed by atoms with Gasteiger partial charge in [-0.05, 0) is 36.4 Å². The highest BCUT2D eigenvalue weighted by Crippen LogP contribution is 2.37. The second-order valence-electron chi connectivity index (χ2n) is 6.99. The molecule has 2 N–H and O–H groups in total. The molecule has 3 rings (SSSR count). The van der Waals surface area contributed by atoms with Crippen molar-refractivity contribution in [3.05, 3.63) is 70.6 Å². The zero-order chi connectivity index (χ0) is 24.6. The van der Waals surface area contributed by atoms with Crippen LogP contribution >= 0.6 is 11.6 Å². The van der Waals surface area contributed by atoms with E-state index in [1.54, 1.807) is 14.1 Å². The molecule has 2 heterocycles. The average molecular weight is 492 g/mol. The molecular weight excluding hydrogens is 476 g/mol. The van der Waals surface area contributed by atoms with Crippen molar-refractivity contribution in [3.8, 4) is 5.69 Å². The van der Waals surface area contributed by atoms with Gasteiger partial charge in [0.1, 0.15) is 5.69 Å². The van der Waals surface area contributed by atoms with E-state index >= 15 is 0 Å². The number of benzene rings is 1. The lowest BCUT2D eigenvalue weighted by atomic mass is 10.1. The van der Waals surface area contributed by atoms with E-state index in [9.17, 15) is 31.1 Å². The molecule has 0 aliphatic rings. The van der Waals surface area contributed by atoms with Gasteiger partial charge in [-0.25, -0.2) is 4.98 Å². The van der Waals surface area contributed by atoms with Crippen LogP contribution in [0.1, 0.15) is 21.6 Å². The Morgan fingerprint density at radius 1 is 1.06 bits per heavy atom. The number of halogens is 7. The maximum Gasteiger partial charge on any atom is 0.418 e. The number of carbonyl (C=O) groups is 1. The highest BCUT2D eigenvalue weighted by molar-refractivity contribution is 6.33. The summed E-state index contributed by atoms with van der Waals surface area (Å²) in [7, 11) is 3.19. The zero-order valence-corrected chi connectivity index (χ0v) is 17.8. The zero-order valence-electron chi connectivity index (χ0n) is 17.0. The summed E-state index contributed by atoms with van der Waals surface area (Å²) in [6.07, 6.45) is -7.56. The van der Waals surface area contributed by atoms with Gasteiger partial charge in [-0.2, -0.15) is 26.3 Å². The highest BCUT2D eigenvalue weighted by Gasteiger charge is 2.35. The summed E-state index contributed by atoms with van der Waals surface area (Å²) in [6.45, 7) is 0. The first-order chi connectivity index (χ1) is 15.3. The van der Waals surface area contributed by atoms with Crippen molar-refractivity contribution >= 4 is 29.0 Å². The topological polar surface area (TPSA) is 62.2 Å². The minimum atomic E-state index is -4.70. The van der Waals surface area contributed by atoms with Crippen molar-refractivity contribution in [2.45, 2.75) is 12.4 Å². The Labute approximate surface area is 188 Å². The van der Waals surface area contributed by atoms with E-state index in [-0.39, 0.29) is 17.2 Å². The predicted molar refractivity (Wildman–Crippen MR) is 110 cm³/mol. The molecule has 1 amide bonds. The van der Waals surface area contributed by atoms with Gasteiger partial charge in [-0.15, -0.1) is 0 Å². The Bertz CT molecular complexity index is 1170. The van der Waals surface area contributed by atoms with Crippen LogP contribution in [0, 0.1) is 0 Å². The number of anilines is 2. The lowest BCUT2D eigenvalue weighted by molar-refractivity contribution is -0.138. The number of amides is 1. The molecule has 6 nitrogen and oxygen atoms in total. The van der Waals surface area contributed by atoms with Crippen LogP contribution in [0.4, 0.5) is 37.8 Å². The minimum absolute atomic E-state index is 0.173. The highest BCUT2D eigenvalue weighted by atomic mass is 35.5. The largest absolute Gasteiger partial charge is 0.418 e. The van der Waals surface area contributed by atoms with Gasteiger partial charge in [0.15, 0.2) is 5.82 Å². The molecule has 0 spiro atoms. The summed E-state index contributed by atoms with van der Waals surface area (Å²) in [6, 6.07) is 6.93. The van der Waals surface area contributed by atoms with Gasteiger partial charge >= 0.3 is 12.4 Å². The molecule has 0 saturated carbocycles. The second-order valence-corrected chi connectivity index (χ2v) is 7.40. The third kappa shape index (κ3) is 5.33. The lowest BCUT2D eigenvalue weighted by Gasteiger charge is -2.20. The average Bonchev–Trinajstić information content (AvgIpc) is 3.20. The number of aromatic nitrogens is 2. The van der Waals surface area contributed by atoms with Gasteiger partial charge in [-0.1, -0.05) is 11.6 Å². The molecule has 33 heavy (non-hydrogen) atoms. The molecule has 0 unspecified atom stereocenters. The van der Waals surface area contributed by atoms with Crippen LogP contribution < -0.4 is 15.8 Å². The minimum Gasteiger partial charge on any atom is -0.378 e. The number of carbonyl (C=O) groups excluding carboxylic acids is 1. The summed E-state index contributed by atoms with van der Waals surface area (Å²) in [5, 5.41) is -0.417. The molecule has 0 fully saturated rings. The molecule has 2 aromatic heterocycles. The van der Waals surface area contributed by atoms with E-state index in [1.165, 1.54) is 35.4 Å². The first-order valence-corrected chi connectivity index (χ1v) is 9.52. The first-order valence-electron chi connectivity index (χ1n) is 9.14. The van der Waals surface area contributed by atoms with Crippen LogP contribution in [0.15, 0.2) is 48.8 Å². The number of rotatable bonds is 5. The Kier molecular flexibility index (Phi) is 6.50. The van der Waals surface area contributed by atoms with Crippen molar-refractivity contribution in [2.24, 2.45) is 0 Å². The van der Waals surface area contributed by atoms with E-state index in [0.717, 1.165) is 10.6 Å². The smallest absolute Gasteiger partial charge is 0.378 e. The number of hydrogen-bond donors (Lipinski definition) is 2.